The van der Waals surface area contributed by atoms with E-state index < -0.39 is 14.8 Å². The fourth-order valence-corrected chi connectivity index (χ4v) is 5.60. The highest BCUT2D eigenvalue weighted by atomic mass is 32.2. The Balaban J connectivity index is 2.51. The molecule has 26 heavy (non-hydrogen) atoms. The van der Waals surface area contributed by atoms with Crippen molar-refractivity contribution in [3.05, 3.63) is 23.9 Å². The number of carboxylic acids is 1. The normalized spacial score (nSPS) is 11.3. The van der Waals surface area contributed by atoms with Gasteiger partial charge in [0.2, 0.25) is 0 Å². The van der Waals surface area contributed by atoms with Crippen LogP contribution in [0, 0.1) is 0 Å². The first-order valence-electron chi connectivity index (χ1n) is 8.53. The fraction of sp³-hybridized carbons (Fsp3) is 0.562. The van der Waals surface area contributed by atoms with E-state index in [4.69, 9.17) is 18.4 Å². The molecule has 0 aliphatic carbocycles. The van der Waals surface area contributed by atoms with Crippen LogP contribution in [0.25, 0.3) is 0 Å². The Morgan fingerprint density at radius 3 is 2.35 bits per heavy atom. The molecular weight excluding hydrogens is 376 g/mol. The predicted octanol–water partition coefficient (Wildman–Crippen LogP) is 3.02. The lowest BCUT2D eigenvalue weighted by molar-refractivity contribution is 0.0688. The largest absolute Gasteiger partial charge is 0.500 e. The molecular formula is C16H26N2O6SSi. The van der Waals surface area contributed by atoms with Gasteiger partial charge in [-0.2, -0.15) is 0 Å². The number of aromatic nitrogens is 1. The van der Waals surface area contributed by atoms with Crippen molar-refractivity contribution in [2.24, 2.45) is 0 Å². The zero-order chi connectivity index (χ0) is 19.4. The molecule has 146 valence electrons. The molecule has 0 aliphatic heterocycles. The lowest BCUT2D eigenvalue weighted by atomic mass is 10.3. The number of hydrogen-bond acceptors (Lipinski definition) is 7. The molecule has 0 spiro atoms. The zero-order valence-corrected chi connectivity index (χ0v) is 17.1. The average molecular weight is 403 g/mol. The van der Waals surface area contributed by atoms with Gasteiger partial charge in [0.05, 0.1) is 5.56 Å². The molecule has 0 radical (unpaired) electrons. The molecule has 2 N–H and O–H groups in total. The molecule has 0 fully saturated rings. The summed E-state index contributed by atoms with van der Waals surface area (Å²) in [6.07, 6.45) is 2.08. The first-order chi connectivity index (χ1) is 12.5. The van der Waals surface area contributed by atoms with E-state index in [1.165, 1.54) is 18.3 Å². The number of carbonyl (C=O) groups is 2. The summed E-state index contributed by atoms with van der Waals surface area (Å²) < 4.78 is 17.3. The van der Waals surface area contributed by atoms with Crippen LogP contribution in [0.5, 0.6) is 0 Å². The number of carbonyl (C=O) groups excluding carboxylic acids is 1. The lowest BCUT2D eigenvalue weighted by Gasteiger charge is -2.28. The molecule has 1 aromatic heterocycles. The van der Waals surface area contributed by atoms with Gasteiger partial charge in [-0.25, -0.2) is 9.78 Å². The topological polar surface area (TPSA) is 107 Å². The number of carboxylic acid groups (broad SMARTS) is 1. The van der Waals surface area contributed by atoms with Crippen LogP contribution in [-0.4, -0.2) is 56.5 Å². The van der Waals surface area contributed by atoms with Crippen molar-refractivity contribution < 1.29 is 28.0 Å². The van der Waals surface area contributed by atoms with E-state index in [1.807, 2.05) is 20.8 Å². The van der Waals surface area contributed by atoms with Gasteiger partial charge in [-0.15, -0.1) is 0 Å². The minimum Gasteiger partial charge on any atom is -0.478 e. The monoisotopic (exact) mass is 402 g/mol. The molecule has 0 aliphatic rings. The van der Waals surface area contributed by atoms with E-state index in [0.29, 0.717) is 38.8 Å². The number of amides is 1. The van der Waals surface area contributed by atoms with Gasteiger partial charge in [0, 0.05) is 38.6 Å². The van der Waals surface area contributed by atoms with Crippen molar-refractivity contribution >= 4 is 31.8 Å². The summed E-state index contributed by atoms with van der Waals surface area (Å²) in [4.78, 5) is 27.1. The molecule has 0 unspecified atom stereocenters. The Bertz CT molecular complexity index is 573. The van der Waals surface area contributed by atoms with Crippen molar-refractivity contribution in [2.75, 3.05) is 26.4 Å². The quantitative estimate of drug-likeness (QED) is 0.312. The van der Waals surface area contributed by atoms with E-state index in [-0.39, 0.29) is 15.8 Å². The maximum Gasteiger partial charge on any atom is 0.500 e. The first-order valence-corrected chi connectivity index (χ1v) is 11.3. The van der Waals surface area contributed by atoms with Crippen molar-refractivity contribution in [1.29, 1.82) is 0 Å². The smallest absolute Gasteiger partial charge is 0.478 e. The highest BCUT2D eigenvalue weighted by molar-refractivity contribution is 8.13. The van der Waals surface area contributed by atoms with Gasteiger partial charge in [0.25, 0.3) is 5.24 Å². The van der Waals surface area contributed by atoms with Crippen molar-refractivity contribution in [3.8, 4) is 0 Å². The van der Waals surface area contributed by atoms with Crippen LogP contribution in [0.3, 0.4) is 0 Å². The van der Waals surface area contributed by atoms with E-state index >= 15 is 0 Å². The third kappa shape index (κ3) is 7.42. The molecule has 1 aromatic rings. The Kier molecular flexibility index (Phi) is 10.4. The summed E-state index contributed by atoms with van der Waals surface area (Å²) >= 11 is 0.763. The second kappa shape index (κ2) is 12.0. The predicted molar refractivity (Wildman–Crippen MR) is 101 cm³/mol. The van der Waals surface area contributed by atoms with Crippen LogP contribution in [0.4, 0.5) is 4.79 Å². The second-order valence-corrected chi connectivity index (χ2v) is 8.76. The number of nitrogens with one attached hydrogen (secondary N) is 1. The third-order valence-corrected chi connectivity index (χ3v) is 7.21. The van der Waals surface area contributed by atoms with Gasteiger partial charge >= 0.3 is 14.8 Å². The van der Waals surface area contributed by atoms with E-state index in [0.717, 1.165) is 11.8 Å². The van der Waals surface area contributed by atoms with Crippen LogP contribution in [0.15, 0.2) is 23.4 Å². The molecule has 0 saturated carbocycles. The molecule has 1 amide bonds. The highest BCUT2D eigenvalue weighted by Crippen LogP contribution is 2.21. The number of pyridine rings is 1. The third-order valence-electron chi connectivity index (χ3n) is 3.21. The molecule has 10 heteroatoms. The van der Waals surface area contributed by atoms with E-state index in [2.05, 4.69) is 10.3 Å². The van der Waals surface area contributed by atoms with Crippen LogP contribution in [0.1, 0.15) is 37.6 Å². The SMILES string of the molecule is CCO[Si](CCCNC(=O)Sc1ncccc1C(=O)O)(OCC)OCC. The van der Waals surface area contributed by atoms with Crippen molar-refractivity contribution in [1.82, 2.24) is 10.3 Å². The molecule has 0 aromatic carbocycles. The number of aromatic carboxylic acids is 1. The van der Waals surface area contributed by atoms with E-state index in [9.17, 15) is 9.59 Å². The summed E-state index contributed by atoms with van der Waals surface area (Å²) in [6, 6.07) is 3.53. The van der Waals surface area contributed by atoms with Gasteiger partial charge < -0.3 is 23.7 Å². The average Bonchev–Trinajstić information content (AvgIpc) is 2.60. The lowest BCUT2D eigenvalue weighted by Crippen LogP contribution is -2.46. The number of thioether (sulfide) groups is 1. The van der Waals surface area contributed by atoms with Gasteiger partial charge in [-0.3, -0.25) is 4.79 Å². The molecule has 1 rings (SSSR count). The molecule has 0 bridgehead atoms. The summed E-state index contributed by atoms with van der Waals surface area (Å²) in [5.41, 5.74) is 0.00288. The van der Waals surface area contributed by atoms with E-state index in [1.54, 1.807) is 0 Å². The summed E-state index contributed by atoms with van der Waals surface area (Å²) in [7, 11) is -2.71. The summed E-state index contributed by atoms with van der Waals surface area (Å²) in [6.45, 7) is 7.61. The minimum absolute atomic E-state index is 0.00288. The van der Waals surface area contributed by atoms with Crippen LogP contribution in [0.2, 0.25) is 6.04 Å². The summed E-state index contributed by atoms with van der Waals surface area (Å²) in [5, 5.41) is 11.7. The summed E-state index contributed by atoms with van der Waals surface area (Å²) in [5.74, 6) is -1.12. The van der Waals surface area contributed by atoms with Gasteiger partial charge in [0.1, 0.15) is 5.03 Å². The Labute approximate surface area is 159 Å². The molecule has 8 nitrogen and oxygen atoms in total. The minimum atomic E-state index is -2.71. The second-order valence-electron chi connectivity index (χ2n) is 5.06. The number of nitrogens with zero attached hydrogens (tertiary/aromatic N) is 1. The first kappa shape index (κ1) is 22.6. The Hall–Kier alpha value is -1.46. The maximum absolute atomic E-state index is 12.0. The highest BCUT2D eigenvalue weighted by Gasteiger charge is 2.39. The number of hydrogen-bond donors (Lipinski definition) is 2. The Morgan fingerprint density at radius 1 is 1.19 bits per heavy atom. The standard InChI is InChI=1S/C16H26N2O6SSi/c1-4-22-26(23-5-2,24-6-3)12-8-11-18-16(21)25-14-13(15(19)20)9-7-10-17-14/h7,9-10H,4-6,8,11-12H2,1-3H3,(H,18,21)(H,19,20). The van der Waals surface area contributed by atoms with Gasteiger partial charge in [-0.05, 0) is 51.1 Å². The maximum atomic E-state index is 12.0. The van der Waals surface area contributed by atoms with Gasteiger partial charge in [-0.1, -0.05) is 0 Å². The van der Waals surface area contributed by atoms with Crippen molar-refractivity contribution in [3.63, 3.8) is 0 Å². The molecule has 0 atom stereocenters. The van der Waals surface area contributed by atoms with Crippen molar-refractivity contribution in [2.45, 2.75) is 38.3 Å². The van der Waals surface area contributed by atoms with Gasteiger partial charge in [0.15, 0.2) is 0 Å². The molecule has 1 heterocycles. The number of rotatable bonds is 12. The zero-order valence-electron chi connectivity index (χ0n) is 15.3. The van der Waals surface area contributed by atoms with Crippen LogP contribution >= 0.6 is 11.8 Å². The fourth-order valence-electron chi connectivity index (χ4n) is 2.26. The van der Waals surface area contributed by atoms with Crippen LogP contribution < -0.4 is 5.32 Å². The Morgan fingerprint density at radius 2 is 1.81 bits per heavy atom. The molecule has 0 saturated heterocycles. The van der Waals surface area contributed by atoms with Crippen LogP contribution in [-0.2, 0) is 13.3 Å².